The second-order valence-electron chi connectivity index (χ2n) is 13.4. The lowest BCUT2D eigenvalue weighted by molar-refractivity contribution is -0.130. The van der Waals surface area contributed by atoms with Gasteiger partial charge in [-0.05, 0) is 127 Å². The Morgan fingerprint density at radius 1 is 1.12 bits per heavy atom. The van der Waals surface area contributed by atoms with Crippen molar-refractivity contribution in [3.63, 3.8) is 0 Å². The molecule has 0 spiro atoms. The molecule has 1 amide bonds. The van der Waals surface area contributed by atoms with E-state index in [1.807, 2.05) is 30.1 Å². The molecule has 3 aliphatic rings. The predicted molar refractivity (Wildman–Crippen MR) is 169 cm³/mol. The van der Waals surface area contributed by atoms with Crippen molar-refractivity contribution >= 4 is 5.91 Å². The number of rotatable bonds is 11. The van der Waals surface area contributed by atoms with Crippen molar-refractivity contribution in [1.29, 1.82) is 0 Å². The molecule has 2 fully saturated rings. The fourth-order valence-electron chi connectivity index (χ4n) is 8.78. The number of hydrogen-bond acceptors (Lipinski definition) is 4. The van der Waals surface area contributed by atoms with Crippen LogP contribution >= 0.6 is 0 Å². The number of aromatic hydroxyl groups is 1. The van der Waals surface area contributed by atoms with Gasteiger partial charge in [-0.2, -0.15) is 0 Å². The van der Waals surface area contributed by atoms with Crippen molar-refractivity contribution in [2.75, 3.05) is 27.8 Å². The predicted octanol–water partition coefficient (Wildman–Crippen LogP) is 7.87. The molecule has 2 aromatic rings. The molecule has 5 rings (SSSR count). The zero-order valence-corrected chi connectivity index (χ0v) is 26.5. The van der Waals surface area contributed by atoms with E-state index in [-0.39, 0.29) is 11.3 Å². The van der Waals surface area contributed by atoms with E-state index in [0.29, 0.717) is 42.4 Å². The quantitative estimate of drug-likeness (QED) is 0.278. The van der Waals surface area contributed by atoms with Gasteiger partial charge in [0.25, 0.3) is 0 Å². The number of nitrogens with zero attached hydrogens (tertiary/aromatic N) is 1. The zero-order chi connectivity index (χ0) is 30.0. The van der Waals surface area contributed by atoms with Crippen LogP contribution in [0.1, 0.15) is 93.4 Å². The molecule has 3 unspecified atom stereocenters. The third kappa shape index (κ3) is 5.81. The van der Waals surface area contributed by atoms with Gasteiger partial charge in [0.15, 0.2) is 11.5 Å². The number of benzene rings is 2. The Balaban J connectivity index is 1.20. The number of likely N-dealkylation sites (N-methyl/N-ethyl adjacent to an activating group) is 1. The van der Waals surface area contributed by atoms with Crippen LogP contribution < -0.4 is 9.47 Å². The van der Waals surface area contributed by atoms with E-state index in [0.717, 1.165) is 67.6 Å². The van der Waals surface area contributed by atoms with E-state index in [1.165, 1.54) is 36.0 Å². The van der Waals surface area contributed by atoms with Crippen LogP contribution in [0, 0.1) is 23.2 Å². The number of carbonyl (C=O) groups is 1. The largest absolute Gasteiger partial charge is 0.508 e. The van der Waals surface area contributed by atoms with Crippen molar-refractivity contribution in [3.05, 3.63) is 64.7 Å². The second kappa shape index (κ2) is 12.7. The highest BCUT2D eigenvalue weighted by atomic mass is 16.5. The summed E-state index contributed by atoms with van der Waals surface area (Å²) < 4.78 is 10.8. The highest BCUT2D eigenvalue weighted by Crippen LogP contribution is 2.65. The van der Waals surface area contributed by atoms with Crippen molar-refractivity contribution in [2.24, 2.45) is 23.2 Å². The van der Waals surface area contributed by atoms with Crippen LogP contribution in [0.3, 0.4) is 0 Å². The Hall–Kier alpha value is -2.95. The Morgan fingerprint density at radius 2 is 1.90 bits per heavy atom. The maximum atomic E-state index is 13.1. The first-order valence-electron chi connectivity index (χ1n) is 16.2. The number of hydrogen-bond donors (Lipinski definition) is 1. The van der Waals surface area contributed by atoms with Crippen molar-refractivity contribution in [1.82, 2.24) is 4.90 Å². The Kier molecular flexibility index (Phi) is 9.25. The Morgan fingerprint density at radius 3 is 2.64 bits per heavy atom. The third-order valence-corrected chi connectivity index (χ3v) is 11.1. The molecule has 5 nitrogen and oxygen atoms in total. The molecular formula is C37H51NO4. The van der Waals surface area contributed by atoms with Crippen molar-refractivity contribution < 1.29 is 19.4 Å². The molecule has 228 valence electrons. The van der Waals surface area contributed by atoms with Crippen LogP contribution in [0.5, 0.6) is 17.2 Å². The lowest BCUT2D eigenvalue weighted by Crippen LogP contribution is -2.42. The zero-order valence-electron chi connectivity index (χ0n) is 26.5. The molecule has 5 atom stereocenters. The monoisotopic (exact) mass is 573 g/mol. The first-order chi connectivity index (χ1) is 20.2. The number of phenols is 1. The minimum Gasteiger partial charge on any atom is -0.508 e. The molecule has 2 saturated carbocycles. The van der Waals surface area contributed by atoms with Gasteiger partial charge in [-0.15, -0.1) is 0 Å². The average Bonchev–Trinajstić information content (AvgIpc) is 3.25. The van der Waals surface area contributed by atoms with Gasteiger partial charge in [0.2, 0.25) is 5.91 Å². The minimum atomic E-state index is 0.215. The van der Waals surface area contributed by atoms with Gasteiger partial charge in [0, 0.05) is 20.0 Å². The number of amides is 1. The summed E-state index contributed by atoms with van der Waals surface area (Å²) in [5.74, 6) is 4.65. The third-order valence-electron chi connectivity index (χ3n) is 11.1. The molecule has 42 heavy (non-hydrogen) atoms. The summed E-state index contributed by atoms with van der Waals surface area (Å²) in [5, 5.41) is 10.6. The summed E-state index contributed by atoms with van der Waals surface area (Å²) in [7, 11) is 5.21. The van der Waals surface area contributed by atoms with E-state index >= 15 is 0 Å². The molecule has 0 saturated heterocycles. The van der Waals surface area contributed by atoms with Crippen molar-refractivity contribution in [3.8, 4) is 17.2 Å². The first-order valence-corrected chi connectivity index (χ1v) is 16.2. The van der Waals surface area contributed by atoms with Gasteiger partial charge in [0.1, 0.15) is 5.75 Å². The van der Waals surface area contributed by atoms with E-state index < -0.39 is 0 Å². The van der Waals surface area contributed by atoms with Crippen LogP contribution in [0.15, 0.2) is 42.5 Å². The topological polar surface area (TPSA) is 59.0 Å². The molecule has 1 N–H and O–H groups in total. The van der Waals surface area contributed by atoms with Crippen LogP contribution in [-0.2, 0) is 24.1 Å². The molecule has 0 heterocycles. The van der Waals surface area contributed by atoms with Crippen LogP contribution in [-0.4, -0.2) is 43.7 Å². The summed E-state index contributed by atoms with van der Waals surface area (Å²) in [6.07, 6.45) is 11.2. The standard InChI is InChI=1S/C37H51NO4/c1-7-9-27-22-31-26(23-32(27)39)13-14-30-29(31)16-18-37(3)24(2)20-28(36(30)37)10-8-11-35(40)38(4)19-17-25-12-15-33(41-5)34(21-25)42-6/h12,15,21-23,28-30,36,39H,2,7-11,13-14,16-20H2,1,3-6H3/t28?,29-,30?,36-,37?/m0/s1. The molecule has 0 bridgehead atoms. The number of aryl methyl sites for hydroxylation is 2. The number of phenolic OH excluding ortho intramolecular Hbond substituents is 1. The lowest BCUT2D eigenvalue weighted by atomic mass is 9.53. The van der Waals surface area contributed by atoms with E-state index in [4.69, 9.17) is 9.47 Å². The number of methoxy groups -OCH3 is 2. The van der Waals surface area contributed by atoms with E-state index in [2.05, 4.69) is 32.6 Å². The van der Waals surface area contributed by atoms with E-state index in [1.54, 1.807) is 14.2 Å². The highest BCUT2D eigenvalue weighted by Gasteiger charge is 2.55. The Bertz CT molecular complexity index is 1300. The first kappa shape index (κ1) is 30.5. The Labute approximate surface area is 253 Å². The van der Waals surface area contributed by atoms with Gasteiger partial charge in [-0.3, -0.25) is 4.79 Å². The number of allylic oxidation sites excluding steroid dienone is 1. The van der Waals surface area contributed by atoms with Gasteiger partial charge < -0.3 is 19.5 Å². The second-order valence-corrected chi connectivity index (χ2v) is 13.4. The fraction of sp³-hybridized carbons (Fsp3) is 0.595. The molecule has 3 aliphatic carbocycles. The summed E-state index contributed by atoms with van der Waals surface area (Å²) in [6, 6.07) is 10.4. The smallest absolute Gasteiger partial charge is 0.222 e. The van der Waals surface area contributed by atoms with E-state index in [9.17, 15) is 9.90 Å². The summed E-state index contributed by atoms with van der Waals surface area (Å²) in [4.78, 5) is 15.0. The van der Waals surface area contributed by atoms with Crippen LogP contribution in [0.2, 0.25) is 0 Å². The number of carbonyl (C=O) groups excluding carboxylic acids is 1. The fourth-order valence-corrected chi connectivity index (χ4v) is 8.78. The normalized spacial score (nSPS) is 26.3. The van der Waals surface area contributed by atoms with Crippen LogP contribution in [0.4, 0.5) is 0 Å². The lowest BCUT2D eigenvalue weighted by Gasteiger charge is -2.51. The summed E-state index contributed by atoms with van der Waals surface area (Å²) in [6.45, 7) is 9.97. The minimum absolute atomic E-state index is 0.215. The highest BCUT2D eigenvalue weighted by molar-refractivity contribution is 5.75. The maximum Gasteiger partial charge on any atom is 0.222 e. The number of fused-ring (bicyclic) bond motifs is 5. The van der Waals surface area contributed by atoms with Gasteiger partial charge >= 0.3 is 0 Å². The molecule has 0 aliphatic heterocycles. The van der Waals surface area contributed by atoms with Gasteiger partial charge in [-0.25, -0.2) is 0 Å². The summed E-state index contributed by atoms with van der Waals surface area (Å²) >= 11 is 0. The molecule has 0 radical (unpaired) electrons. The molecular weight excluding hydrogens is 522 g/mol. The maximum absolute atomic E-state index is 13.1. The van der Waals surface area contributed by atoms with Crippen molar-refractivity contribution in [2.45, 2.75) is 90.4 Å². The van der Waals surface area contributed by atoms with Gasteiger partial charge in [0.05, 0.1) is 14.2 Å². The SMILES string of the molecule is C=C1CC(CCCC(=O)N(C)CCc2ccc(OC)c(OC)c2)[C@H]2C3CCc4cc(O)c(CCC)cc4[C@H]3CCC12C. The van der Waals surface area contributed by atoms with Gasteiger partial charge in [-0.1, -0.05) is 44.6 Å². The molecule has 5 heteroatoms. The summed E-state index contributed by atoms with van der Waals surface area (Å²) in [5.41, 5.74) is 6.79. The number of ether oxygens (including phenoxy) is 2. The molecule has 2 aromatic carbocycles. The van der Waals surface area contributed by atoms with Crippen LogP contribution in [0.25, 0.3) is 0 Å². The average molecular weight is 574 g/mol. The molecule has 0 aromatic heterocycles.